The number of hydrogen-bond acceptors (Lipinski definition) is 3. The minimum atomic E-state index is -0.741. The Bertz CT molecular complexity index is 778. The van der Waals surface area contributed by atoms with Crippen LogP contribution in [0.3, 0.4) is 0 Å². The Morgan fingerprint density at radius 1 is 0.875 bits per heavy atom. The van der Waals surface area contributed by atoms with Crippen LogP contribution >= 0.6 is 0 Å². The number of carboxylic acids is 3. The molecule has 180 valence electrons. The van der Waals surface area contributed by atoms with Crippen molar-refractivity contribution in [3.63, 3.8) is 0 Å². The molecule has 0 amide bonds. The van der Waals surface area contributed by atoms with Gasteiger partial charge in [-0.1, -0.05) is 20.8 Å². The summed E-state index contributed by atoms with van der Waals surface area (Å²) >= 11 is 0. The average molecular weight is 449 g/mol. The smallest absolute Gasteiger partial charge is 0.306 e. The van der Waals surface area contributed by atoms with Gasteiger partial charge in [-0.3, -0.25) is 14.4 Å². The molecule has 4 aliphatic carbocycles. The Kier molecular flexibility index (Phi) is 6.13. The second-order valence-electron chi connectivity index (χ2n) is 12.1. The van der Waals surface area contributed by atoms with E-state index in [0.29, 0.717) is 49.4 Å². The largest absolute Gasteiger partial charge is 0.481 e. The Labute approximate surface area is 191 Å². The van der Waals surface area contributed by atoms with Crippen LogP contribution in [0.5, 0.6) is 0 Å². The van der Waals surface area contributed by atoms with Crippen LogP contribution in [0.1, 0.15) is 85.0 Å². The lowest BCUT2D eigenvalue weighted by molar-refractivity contribution is -0.176. The van der Waals surface area contributed by atoms with Crippen molar-refractivity contribution in [3.8, 4) is 0 Å². The van der Waals surface area contributed by atoms with Gasteiger partial charge >= 0.3 is 17.9 Å². The van der Waals surface area contributed by atoms with Crippen molar-refractivity contribution in [1.82, 2.24) is 0 Å². The summed E-state index contributed by atoms with van der Waals surface area (Å²) in [6.07, 6.45) is 7.94. The van der Waals surface area contributed by atoms with Crippen molar-refractivity contribution in [2.24, 2.45) is 58.2 Å². The molecule has 0 spiro atoms. The maximum Gasteiger partial charge on any atom is 0.306 e. The standard InChI is InChI=1S/C26H40O6/c1-14(4-7-21(27)28)18-5-6-19-22-17(24(31)32)13-16-12-15(23(29)30)8-10-25(16,2)20(22)9-11-26(18,19)3/h14-20,22H,4-13H2,1-3H3,(H,27,28)(H,29,30)(H,31,32)/t14-,15+,16-,17+,18+,19+,20+,22+,25-,26+/m0/s1. The first-order valence-corrected chi connectivity index (χ1v) is 12.7. The summed E-state index contributed by atoms with van der Waals surface area (Å²) in [7, 11) is 0. The van der Waals surface area contributed by atoms with E-state index in [9.17, 15) is 24.6 Å². The molecule has 10 atom stereocenters. The summed E-state index contributed by atoms with van der Waals surface area (Å²) < 4.78 is 0. The summed E-state index contributed by atoms with van der Waals surface area (Å²) in [5, 5.41) is 29.0. The molecule has 0 saturated heterocycles. The van der Waals surface area contributed by atoms with Crippen LogP contribution < -0.4 is 0 Å². The van der Waals surface area contributed by atoms with Gasteiger partial charge in [0.15, 0.2) is 0 Å². The van der Waals surface area contributed by atoms with Crippen LogP contribution in [-0.2, 0) is 14.4 Å². The maximum atomic E-state index is 12.5. The number of fused-ring (bicyclic) bond motifs is 5. The van der Waals surface area contributed by atoms with Gasteiger partial charge in [-0.25, -0.2) is 0 Å². The zero-order valence-electron chi connectivity index (χ0n) is 19.8. The molecule has 4 aliphatic rings. The van der Waals surface area contributed by atoms with E-state index in [1.54, 1.807) is 0 Å². The predicted octanol–water partition coefficient (Wildman–Crippen LogP) is 5.16. The molecular weight excluding hydrogens is 408 g/mol. The highest BCUT2D eigenvalue weighted by Gasteiger charge is 2.64. The molecule has 6 heteroatoms. The Hall–Kier alpha value is -1.59. The second kappa shape index (κ2) is 8.32. The molecule has 3 N–H and O–H groups in total. The van der Waals surface area contributed by atoms with Gasteiger partial charge in [0, 0.05) is 6.42 Å². The fraction of sp³-hybridized carbons (Fsp3) is 0.885. The third kappa shape index (κ3) is 3.66. The Balaban J connectivity index is 1.61. The second-order valence-corrected chi connectivity index (χ2v) is 12.1. The van der Waals surface area contributed by atoms with Gasteiger partial charge in [-0.05, 0) is 104 Å². The lowest BCUT2D eigenvalue weighted by Gasteiger charge is -2.62. The van der Waals surface area contributed by atoms with E-state index >= 15 is 0 Å². The zero-order valence-corrected chi connectivity index (χ0v) is 19.8. The fourth-order valence-electron chi connectivity index (χ4n) is 9.28. The molecule has 0 aromatic heterocycles. The summed E-state index contributed by atoms with van der Waals surface area (Å²) in [5.74, 6) is -1.05. The first kappa shape index (κ1) is 23.6. The normalized spacial score (nSPS) is 46.4. The van der Waals surface area contributed by atoms with Gasteiger partial charge < -0.3 is 15.3 Å². The Morgan fingerprint density at radius 2 is 1.53 bits per heavy atom. The van der Waals surface area contributed by atoms with Crippen LogP contribution in [0.2, 0.25) is 0 Å². The molecule has 0 aromatic carbocycles. The third-order valence-corrected chi connectivity index (χ3v) is 11.0. The van der Waals surface area contributed by atoms with Gasteiger partial charge in [0.25, 0.3) is 0 Å². The van der Waals surface area contributed by atoms with E-state index in [1.807, 2.05) is 0 Å². The van der Waals surface area contributed by atoms with Crippen molar-refractivity contribution in [1.29, 1.82) is 0 Å². The van der Waals surface area contributed by atoms with Crippen LogP contribution in [0.15, 0.2) is 0 Å². The number of aliphatic carboxylic acids is 3. The minimum Gasteiger partial charge on any atom is -0.481 e. The lowest BCUT2D eigenvalue weighted by Crippen LogP contribution is -2.58. The monoisotopic (exact) mass is 448 g/mol. The highest BCUT2D eigenvalue weighted by atomic mass is 16.4. The number of hydrogen-bond donors (Lipinski definition) is 3. The highest BCUT2D eigenvalue weighted by Crippen LogP contribution is 2.69. The third-order valence-electron chi connectivity index (χ3n) is 11.0. The van der Waals surface area contributed by atoms with Crippen LogP contribution in [0.25, 0.3) is 0 Å². The van der Waals surface area contributed by atoms with Crippen molar-refractivity contribution in [2.45, 2.75) is 85.0 Å². The molecule has 4 rings (SSSR count). The van der Waals surface area contributed by atoms with Crippen molar-refractivity contribution >= 4 is 17.9 Å². The molecule has 6 nitrogen and oxygen atoms in total. The van der Waals surface area contributed by atoms with E-state index in [0.717, 1.165) is 32.1 Å². The quantitative estimate of drug-likeness (QED) is 0.517. The molecule has 0 aromatic rings. The topological polar surface area (TPSA) is 112 Å². The van der Waals surface area contributed by atoms with Crippen molar-refractivity contribution in [2.75, 3.05) is 0 Å². The molecule has 4 fully saturated rings. The lowest BCUT2D eigenvalue weighted by atomic mass is 9.41. The number of carbonyl (C=O) groups is 3. The SMILES string of the molecule is C[C@@H](CCC(=O)O)[C@H]1CC[C@@H]2[C@@H]3[C@@H](CC[C@@]21C)[C@@]1(C)CC[C@@H](C(=O)O)C[C@H]1C[C@H]3C(=O)O. The first-order valence-electron chi connectivity index (χ1n) is 12.7. The van der Waals surface area contributed by atoms with Crippen LogP contribution in [-0.4, -0.2) is 33.2 Å². The molecule has 0 unspecified atom stereocenters. The van der Waals surface area contributed by atoms with E-state index in [-0.39, 0.29) is 40.9 Å². The average Bonchev–Trinajstić information content (AvgIpc) is 3.07. The van der Waals surface area contributed by atoms with Crippen LogP contribution in [0, 0.1) is 58.2 Å². The van der Waals surface area contributed by atoms with Gasteiger partial charge in [0.1, 0.15) is 0 Å². The number of rotatable bonds is 6. The van der Waals surface area contributed by atoms with Crippen molar-refractivity contribution < 1.29 is 29.7 Å². The zero-order chi connectivity index (χ0) is 23.4. The van der Waals surface area contributed by atoms with Crippen molar-refractivity contribution in [3.05, 3.63) is 0 Å². The Morgan fingerprint density at radius 3 is 2.16 bits per heavy atom. The van der Waals surface area contributed by atoms with Gasteiger partial charge in [0.2, 0.25) is 0 Å². The van der Waals surface area contributed by atoms with Crippen LogP contribution in [0.4, 0.5) is 0 Å². The summed E-state index contributed by atoms with van der Waals surface area (Å²) in [6, 6.07) is 0. The summed E-state index contributed by atoms with van der Waals surface area (Å²) in [5.41, 5.74) is 0.116. The van der Waals surface area contributed by atoms with Gasteiger partial charge in [-0.15, -0.1) is 0 Å². The maximum absolute atomic E-state index is 12.5. The van der Waals surface area contributed by atoms with Gasteiger partial charge in [-0.2, -0.15) is 0 Å². The highest BCUT2D eigenvalue weighted by molar-refractivity contribution is 5.72. The first-order chi connectivity index (χ1) is 15.0. The van der Waals surface area contributed by atoms with E-state index < -0.39 is 17.9 Å². The molecule has 0 heterocycles. The van der Waals surface area contributed by atoms with E-state index in [1.165, 1.54) is 0 Å². The fourth-order valence-corrected chi connectivity index (χ4v) is 9.28. The molecular formula is C26H40O6. The van der Waals surface area contributed by atoms with E-state index in [2.05, 4.69) is 20.8 Å². The van der Waals surface area contributed by atoms with E-state index in [4.69, 9.17) is 5.11 Å². The molecule has 0 bridgehead atoms. The number of carboxylic acid groups (broad SMARTS) is 3. The minimum absolute atomic E-state index is 0.0386. The summed E-state index contributed by atoms with van der Waals surface area (Å²) in [4.78, 5) is 35.3. The molecule has 0 radical (unpaired) electrons. The molecule has 32 heavy (non-hydrogen) atoms. The predicted molar refractivity (Wildman–Crippen MR) is 119 cm³/mol. The van der Waals surface area contributed by atoms with Gasteiger partial charge in [0.05, 0.1) is 11.8 Å². The molecule has 4 saturated carbocycles. The molecule has 0 aliphatic heterocycles. The summed E-state index contributed by atoms with van der Waals surface area (Å²) in [6.45, 7) is 6.88.